The van der Waals surface area contributed by atoms with Crippen molar-refractivity contribution in [3.8, 4) is 5.75 Å². The summed E-state index contributed by atoms with van der Waals surface area (Å²) in [5.74, 6) is 0.622. The van der Waals surface area contributed by atoms with Crippen molar-refractivity contribution in [3.63, 3.8) is 0 Å². The van der Waals surface area contributed by atoms with Gasteiger partial charge in [-0.1, -0.05) is 18.2 Å². The highest BCUT2D eigenvalue weighted by molar-refractivity contribution is 5.78. The van der Waals surface area contributed by atoms with Crippen LogP contribution in [0.5, 0.6) is 5.75 Å². The fraction of sp³-hybridized carbons (Fsp3) is 0.381. The van der Waals surface area contributed by atoms with E-state index in [1.807, 2.05) is 32.9 Å². The zero-order chi connectivity index (χ0) is 17.9. The second kappa shape index (κ2) is 7.52. The van der Waals surface area contributed by atoms with Crippen LogP contribution < -0.4 is 10.1 Å². The first-order chi connectivity index (χ1) is 11.3. The van der Waals surface area contributed by atoms with Crippen LogP contribution in [-0.2, 0) is 4.79 Å². The first-order valence-corrected chi connectivity index (χ1v) is 8.34. The molecule has 0 saturated carbocycles. The van der Waals surface area contributed by atoms with E-state index in [4.69, 9.17) is 4.74 Å². The monoisotopic (exact) mass is 325 g/mol. The summed E-state index contributed by atoms with van der Waals surface area (Å²) in [6.45, 7) is 12.3. The van der Waals surface area contributed by atoms with Crippen LogP contribution in [0.4, 0.5) is 0 Å². The Labute approximate surface area is 145 Å². The summed E-state index contributed by atoms with van der Waals surface area (Å²) >= 11 is 0. The number of ether oxygens (including phenoxy) is 1. The highest BCUT2D eigenvalue weighted by Crippen LogP contribution is 2.21. The van der Waals surface area contributed by atoms with Crippen molar-refractivity contribution >= 4 is 5.91 Å². The summed E-state index contributed by atoms with van der Waals surface area (Å²) in [6, 6.07) is 10.2. The molecule has 0 aliphatic heterocycles. The van der Waals surface area contributed by atoms with E-state index in [2.05, 4.69) is 44.3 Å². The van der Waals surface area contributed by atoms with E-state index in [0.717, 1.165) is 22.4 Å². The van der Waals surface area contributed by atoms with Gasteiger partial charge in [-0.3, -0.25) is 4.79 Å². The molecule has 1 atom stereocenters. The molecule has 0 radical (unpaired) electrons. The molecule has 0 aliphatic carbocycles. The maximum absolute atomic E-state index is 12.2. The second-order valence-corrected chi connectivity index (χ2v) is 6.69. The molecule has 0 bridgehead atoms. The van der Waals surface area contributed by atoms with Gasteiger partial charge in [-0.25, -0.2) is 0 Å². The van der Waals surface area contributed by atoms with Gasteiger partial charge < -0.3 is 10.1 Å². The predicted molar refractivity (Wildman–Crippen MR) is 98.6 cm³/mol. The Bertz CT molecular complexity index is 729. The fourth-order valence-electron chi connectivity index (χ4n) is 2.98. The normalized spacial score (nSPS) is 11.9. The average molecular weight is 325 g/mol. The summed E-state index contributed by atoms with van der Waals surface area (Å²) in [5, 5.41) is 3.02. The maximum atomic E-state index is 12.2. The zero-order valence-corrected chi connectivity index (χ0v) is 15.5. The van der Waals surface area contributed by atoms with E-state index >= 15 is 0 Å². The van der Waals surface area contributed by atoms with Gasteiger partial charge in [-0.15, -0.1) is 0 Å². The van der Waals surface area contributed by atoms with Gasteiger partial charge in [0.25, 0.3) is 5.91 Å². The highest BCUT2D eigenvalue weighted by Gasteiger charge is 2.13. The summed E-state index contributed by atoms with van der Waals surface area (Å²) in [5.41, 5.74) is 7.11. The molecule has 1 N–H and O–H groups in total. The van der Waals surface area contributed by atoms with E-state index in [9.17, 15) is 4.79 Å². The summed E-state index contributed by atoms with van der Waals surface area (Å²) in [7, 11) is 0. The SMILES string of the molecule is Cc1cc(C)cc(OCC(=O)N[C@@H](C)c2cc(C)c(C)cc2C)c1. The summed E-state index contributed by atoms with van der Waals surface area (Å²) in [6.07, 6.45) is 0. The van der Waals surface area contributed by atoms with Gasteiger partial charge >= 0.3 is 0 Å². The van der Waals surface area contributed by atoms with Crippen molar-refractivity contribution in [2.24, 2.45) is 0 Å². The number of rotatable bonds is 5. The van der Waals surface area contributed by atoms with Crippen LogP contribution in [0.3, 0.4) is 0 Å². The van der Waals surface area contributed by atoms with Gasteiger partial charge in [0, 0.05) is 0 Å². The summed E-state index contributed by atoms with van der Waals surface area (Å²) in [4.78, 5) is 12.2. The van der Waals surface area contributed by atoms with Crippen LogP contribution in [0.2, 0.25) is 0 Å². The molecular weight excluding hydrogens is 298 g/mol. The van der Waals surface area contributed by atoms with Crippen LogP contribution in [0.15, 0.2) is 30.3 Å². The largest absolute Gasteiger partial charge is 0.484 e. The number of benzene rings is 2. The number of hydrogen-bond acceptors (Lipinski definition) is 2. The molecule has 0 saturated heterocycles. The molecule has 3 heteroatoms. The first-order valence-electron chi connectivity index (χ1n) is 8.34. The van der Waals surface area contributed by atoms with Gasteiger partial charge in [0.15, 0.2) is 6.61 Å². The molecule has 0 fully saturated rings. The maximum Gasteiger partial charge on any atom is 0.258 e. The minimum Gasteiger partial charge on any atom is -0.484 e. The Balaban J connectivity index is 1.98. The quantitative estimate of drug-likeness (QED) is 0.880. The Hall–Kier alpha value is -2.29. The molecule has 0 aromatic heterocycles. The molecular formula is C21H27NO2. The predicted octanol–water partition coefficient (Wildman–Crippen LogP) is 4.48. The van der Waals surface area contributed by atoms with E-state index < -0.39 is 0 Å². The molecule has 24 heavy (non-hydrogen) atoms. The molecule has 0 heterocycles. The van der Waals surface area contributed by atoms with Crippen molar-refractivity contribution in [1.82, 2.24) is 5.32 Å². The third-order valence-corrected chi connectivity index (χ3v) is 4.29. The first kappa shape index (κ1) is 18.1. The van der Waals surface area contributed by atoms with Crippen molar-refractivity contribution in [3.05, 3.63) is 63.7 Å². The van der Waals surface area contributed by atoms with Crippen LogP contribution in [-0.4, -0.2) is 12.5 Å². The van der Waals surface area contributed by atoms with E-state index in [1.165, 1.54) is 16.7 Å². The third kappa shape index (κ3) is 4.60. The summed E-state index contributed by atoms with van der Waals surface area (Å²) < 4.78 is 5.63. The second-order valence-electron chi connectivity index (χ2n) is 6.69. The van der Waals surface area contributed by atoms with E-state index in [-0.39, 0.29) is 18.6 Å². The van der Waals surface area contributed by atoms with E-state index in [0.29, 0.717) is 0 Å². The molecule has 0 unspecified atom stereocenters. The Kier molecular flexibility index (Phi) is 5.66. The van der Waals surface area contributed by atoms with Crippen LogP contribution in [0.1, 0.15) is 46.3 Å². The topological polar surface area (TPSA) is 38.3 Å². The number of carbonyl (C=O) groups is 1. The number of hydrogen-bond donors (Lipinski definition) is 1. The van der Waals surface area contributed by atoms with Crippen molar-refractivity contribution < 1.29 is 9.53 Å². The lowest BCUT2D eigenvalue weighted by Gasteiger charge is -2.18. The van der Waals surface area contributed by atoms with Crippen molar-refractivity contribution in [2.45, 2.75) is 47.6 Å². The zero-order valence-electron chi connectivity index (χ0n) is 15.5. The van der Waals surface area contributed by atoms with Crippen molar-refractivity contribution in [1.29, 1.82) is 0 Å². The molecule has 0 spiro atoms. The molecule has 0 aliphatic rings. The van der Waals surface area contributed by atoms with Gasteiger partial charge in [0.2, 0.25) is 0 Å². The molecule has 1 amide bonds. The van der Waals surface area contributed by atoms with Crippen LogP contribution >= 0.6 is 0 Å². The minimum atomic E-state index is -0.112. The third-order valence-electron chi connectivity index (χ3n) is 4.29. The van der Waals surface area contributed by atoms with Crippen molar-refractivity contribution in [2.75, 3.05) is 6.61 Å². The van der Waals surface area contributed by atoms with Gasteiger partial charge in [0.1, 0.15) is 5.75 Å². The smallest absolute Gasteiger partial charge is 0.258 e. The Morgan fingerprint density at radius 1 is 0.917 bits per heavy atom. The molecule has 3 nitrogen and oxygen atoms in total. The average Bonchev–Trinajstić information content (AvgIpc) is 2.48. The van der Waals surface area contributed by atoms with E-state index in [1.54, 1.807) is 0 Å². The molecule has 2 aromatic rings. The number of nitrogens with one attached hydrogen (secondary N) is 1. The lowest BCUT2D eigenvalue weighted by atomic mass is 9.96. The Morgan fingerprint density at radius 3 is 2.12 bits per heavy atom. The standard InChI is InChI=1S/C21H27NO2/c1-13-7-14(2)9-19(8-13)24-12-21(23)22-18(6)20-11-16(4)15(3)10-17(20)5/h7-11,18H,12H2,1-6H3,(H,22,23)/t18-/m0/s1. The number of aryl methyl sites for hydroxylation is 5. The molecule has 2 aromatic carbocycles. The highest BCUT2D eigenvalue weighted by atomic mass is 16.5. The van der Waals surface area contributed by atoms with Gasteiger partial charge in [-0.2, -0.15) is 0 Å². The lowest BCUT2D eigenvalue weighted by molar-refractivity contribution is -0.123. The molecule has 2 rings (SSSR count). The van der Waals surface area contributed by atoms with Crippen LogP contribution in [0, 0.1) is 34.6 Å². The minimum absolute atomic E-state index is 0.0249. The fourth-order valence-corrected chi connectivity index (χ4v) is 2.98. The lowest BCUT2D eigenvalue weighted by Crippen LogP contribution is -2.31. The van der Waals surface area contributed by atoms with Gasteiger partial charge in [-0.05, 0) is 87.1 Å². The molecule has 128 valence electrons. The Morgan fingerprint density at radius 2 is 1.50 bits per heavy atom. The number of carbonyl (C=O) groups excluding carboxylic acids is 1. The number of amides is 1. The van der Waals surface area contributed by atoms with Crippen LogP contribution in [0.25, 0.3) is 0 Å². The van der Waals surface area contributed by atoms with Gasteiger partial charge in [0.05, 0.1) is 6.04 Å².